The van der Waals surface area contributed by atoms with Crippen molar-refractivity contribution >= 4 is 28.6 Å². The third-order valence-electron chi connectivity index (χ3n) is 2.11. The second-order valence-electron chi connectivity index (χ2n) is 3.53. The Morgan fingerprint density at radius 2 is 2.28 bits per heavy atom. The van der Waals surface area contributed by atoms with Crippen LogP contribution in [0, 0.1) is 10.1 Å². The van der Waals surface area contributed by atoms with Gasteiger partial charge in [0.1, 0.15) is 5.75 Å². The molecule has 0 unspecified atom stereocenters. The van der Waals surface area contributed by atoms with Gasteiger partial charge in [0.05, 0.1) is 4.92 Å². The van der Waals surface area contributed by atoms with Crippen LogP contribution < -0.4 is 0 Å². The van der Waals surface area contributed by atoms with Crippen molar-refractivity contribution in [3.8, 4) is 5.75 Å². The van der Waals surface area contributed by atoms with E-state index in [-0.39, 0.29) is 16.6 Å². The molecule has 96 valence electrons. The topological polar surface area (TPSA) is 80.4 Å². The first kappa shape index (κ1) is 14.2. The van der Waals surface area contributed by atoms with Gasteiger partial charge in [-0.1, -0.05) is 23.9 Å². The minimum atomic E-state index is -0.512. The van der Waals surface area contributed by atoms with Crippen LogP contribution in [0.2, 0.25) is 0 Å². The van der Waals surface area contributed by atoms with Crippen molar-refractivity contribution in [1.82, 2.24) is 0 Å². The Labute approximate surface area is 109 Å². The van der Waals surface area contributed by atoms with Crippen LogP contribution in [0.4, 0.5) is 5.69 Å². The summed E-state index contributed by atoms with van der Waals surface area (Å²) in [6.45, 7) is 1.50. The van der Waals surface area contributed by atoms with Crippen LogP contribution in [-0.2, 0) is 4.79 Å². The van der Waals surface area contributed by atoms with Crippen molar-refractivity contribution in [1.29, 1.82) is 0 Å². The summed E-state index contributed by atoms with van der Waals surface area (Å²) in [4.78, 5) is 20.7. The van der Waals surface area contributed by atoms with Gasteiger partial charge >= 0.3 is 0 Å². The largest absolute Gasteiger partial charge is 0.507 e. The number of thioether (sulfide) groups is 1. The van der Waals surface area contributed by atoms with Gasteiger partial charge in [-0.25, -0.2) is 0 Å². The second-order valence-corrected chi connectivity index (χ2v) is 4.80. The van der Waals surface area contributed by atoms with E-state index >= 15 is 0 Å². The zero-order chi connectivity index (χ0) is 13.5. The van der Waals surface area contributed by atoms with E-state index in [1.165, 1.54) is 36.9 Å². The van der Waals surface area contributed by atoms with Gasteiger partial charge in [0.2, 0.25) is 0 Å². The summed E-state index contributed by atoms with van der Waals surface area (Å²) < 4.78 is 0. The fourth-order valence-corrected chi connectivity index (χ4v) is 1.81. The van der Waals surface area contributed by atoms with Gasteiger partial charge in [0.15, 0.2) is 5.12 Å². The number of nitro benzene ring substituents is 1. The number of carbonyl (C=O) groups is 1. The zero-order valence-corrected chi connectivity index (χ0v) is 10.6. The molecule has 1 aromatic rings. The van der Waals surface area contributed by atoms with E-state index in [0.29, 0.717) is 17.7 Å². The van der Waals surface area contributed by atoms with E-state index in [9.17, 15) is 20.0 Å². The number of hydrogen-bond acceptors (Lipinski definition) is 5. The molecule has 0 aliphatic carbocycles. The summed E-state index contributed by atoms with van der Waals surface area (Å²) in [6, 6.07) is 3.85. The lowest BCUT2D eigenvalue weighted by Crippen LogP contribution is -1.88. The molecule has 1 aromatic carbocycles. The Balaban J connectivity index is 2.65. The van der Waals surface area contributed by atoms with Crippen LogP contribution in [0.5, 0.6) is 5.75 Å². The maximum Gasteiger partial charge on any atom is 0.270 e. The monoisotopic (exact) mass is 267 g/mol. The van der Waals surface area contributed by atoms with E-state index < -0.39 is 4.92 Å². The third-order valence-corrected chi connectivity index (χ3v) is 2.96. The first-order chi connectivity index (χ1) is 8.50. The van der Waals surface area contributed by atoms with Crippen LogP contribution in [0.1, 0.15) is 18.9 Å². The maximum absolute atomic E-state index is 10.7. The quantitative estimate of drug-likeness (QED) is 0.504. The summed E-state index contributed by atoms with van der Waals surface area (Å²) in [5, 5.41) is 20.2. The number of nitro groups is 1. The van der Waals surface area contributed by atoms with E-state index in [1.54, 1.807) is 12.2 Å². The maximum atomic E-state index is 10.7. The van der Waals surface area contributed by atoms with Gasteiger partial charge in [0, 0.05) is 30.4 Å². The number of rotatable bonds is 5. The van der Waals surface area contributed by atoms with Crippen molar-refractivity contribution in [3.63, 3.8) is 0 Å². The Kier molecular flexibility index (Phi) is 5.38. The average molecular weight is 267 g/mol. The zero-order valence-electron chi connectivity index (χ0n) is 9.83. The highest BCUT2D eigenvalue weighted by Crippen LogP contribution is 2.24. The molecule has 5 nitrogen and oxygen atoms in total. The Morgan fingerprint density at radius 3 is 2.89 bits per heavy atom. The molecule has 18 heavy (non-hydrogen) atoms. The SMILES string of the molecule is CC(=O)SCCC=Cc1cc([N+](=O)[O-])ccc1O. The smallest absolute Gasteiger partial charge is 0.270 e. The summed E-state index contributed by atoms with van der Waals surface area (Å²) >= 11 is 1.22. The highest BCUT2D eigenvalue weighted by Gasteiger charge is 2.07. The molecule has 0 saturated carbocycles. The normalized spacial score (nSPS) is 10.7. The van der Waals surface area contributed by atoms with Crippen LogP contribution >= 0.6 is 11.8 Å². The van der Waals surface area contributed by atoms with Crippen LogP contribution in [0.3, 0.4) is 0 Å². The number of non-ortho nitro benzene ring substituents is 1. The van der Waals surface area contributed by atoms with Gasteiger partial charge in [-0.15, -0.1) is 0 Å². The molecule has 0 bridgehead atoms. The lowest BCUT2D eigenvalue weighted by molar-refractivity contribution is -0.384. The number of benzene rings is 1. The molecular formula is C12H13NO4S. The lowest BCUT2D eigenvalue weighted by atomic mass is 10.1. The predicted octanol–water partition coefficient (Wildman–Crippen LogP) is 2.98. The number of aromatic hydroxyl groups is 1. The van der Waals surface area contributed by atoms with E-state index in [4.69, 9.17) is 0 Å². The summed E-state index contributed by atoms with van der Waals surface area (Å²) in [7, 11) is 0. The van der Waals surface area contributed by atoms with Crippen LogP contribution in [-0.4, -0.2) is 20.9 Å². The minimum absolute atomic E-state index is 0.00364. The molecule has 1 rings (SSSR count). The Hall–Kier alpha value is -1.82. The van der Waals surface area contributed by atoms with E-state index in [2.05, 4.69) is 0 Å². The van der Waals surface area contributed by atoms with Crippen molar-refractivity contribution in [2.45, 2.75) is 13.3 Å². The molecule has 0 aromatic heterocycles. The summed E-state index contributed by atoms with van der Waals surface area (Å²) in [6.07, 6.45) is 4.05. The van der Waals surface area contributed by atoms with Gasteiger partial charge in [-0.2, -0.15) is 0 Å². The molecule has 0 heterocycles. The molecule has 0 atom stereocenters. The number of phenolic OH excluding ortho intramolecular Hbond substituents is 1. The van der Waals surface area contributed by atoms with Gasteiger partial charge < -0.3 is 5.11 Å². The highest BCUT2D eigenvalue weighted by molar-refractivity contribution is 8.13. The minimum Gasteiger partial charge on any atom is -0.507 e. The Bertz CT molecular complexity index is 485. The standard InChI is InChI=1S/C12H13NO4S/c1-9(14)18-7-3-2-4-10-8-11(13(16)17)5-6-12(10)15/h2,4-6,8,15H,3,7H2,1H3. The summed E-state index contributed by atoms with van der Waals surface area (Å²) in [5.41, 5.74) is 0.336. The molecule has 0 radical (unpaired) electrons. The number of allylic oxidation sites excluding steroid dienone is 1. The Morgan fingerprint density at radius 1 is 1.56 bits per heavy atom. The molecule has 6 heteroatoms. The lowest BCUT2D eigenvalue weighted by Gasteiger charge is -1.99. The number of carbonyl (C=O) groups excluding carboxylic acids is 1. The van der Waals surface area contributed by atoms with Crippen molar-refractivity contribution in [3.05, 3.63) is 40.0 Å². The fourth-order valence-electron chi connectivity index (χ4n) is 1.27. The molecule has 0 aliphatic heterocycles. The van der Waals surface area contributed by atoms with Gasteiger partial charge in [-0.3, -0.25) is 14.9 Å². The van der Waals surface area contributed by atoms with Crippen LogP contribution in [0.25, 0.3) is 6.08 Å². The number of hydrogen-bond donors (Lipinski definition) is 1. The third kappa shape index (κ3) is 4.58. The van der Waals surface area contributed by atoms with Crippen molar-refractivity contribution in [2.24, 2.45) is 0 Å². The molecule has 0 saturated heterocycles. The fraction of sp³-hybridized carbons (Fsp3) is 0.250. The molecule has 1 N–H and O–H groups in total. The van der Waals surface area contributed by atoms with Crippen molar-refractivity contribution < 1.29 is 14.8 Å². The second kappa shape index (κ2) is 6.80. The number of nitrogens with zero attached hydrogens (tertiary/aromatic N) is 1. The molecule has 0 aliphatic rings. The molecule has 0 fully saturated rings. The van der Waals surface area contributed by atoms with Crippen LogP contribution in [0.15, 0.2) is 24.3 Å². The number of phenols is 1. The molecule has 0 amide bonds. The first-order valence-corrected chi connectivity index (χ1v) is 6.26. The van der Waals surface area contributed by atoms with Crippen molar-refractivity contribution in [2.75, 3.05) is 5.75 Å². The van der Waals surface area contributed by atoms with E-state index in [0.717, 1.165) is 0 Å². The molecular weight excluding hydrogens is 254 g/mol. The summed E-state index contributed by atoms with van der Waals surface area (Å²) in [5.74, 6) is 0.651. The average Bonchev–Trinajstić information content (AvgIpc) is 2.30. The first-order valence-electron chi connectivity index (χ1n) is 5.28. The van der Waals surface area contributed by atoms with E-state index in [1.807, 2.05) is 0 Å². The van der Waals surface area contributed by atoms with Gasteiger partial charge in [0.25, 0.3) is 5.69 Å². The highest BCUT2D eigenvalue weighted by atomic mass is 32.2. The van der Waals surface area contributed by atoms with Gasteiger partial charge in [-0.05, 0) is 12.5 Å². The predicted molar refractivity (Wildman–Crippen MR) is 71.6 cm³/mol. The molecule has 0 spiro atoms.